The molecule has 1 N–H and O–H groups in total. The van der Waals surface area contributed by atoms with Gasteiger partial charge in [0.2, 0.25) is 6.10 Å². The number of esters is 1. The molecule has 2 atom stereocenters. The highest BCUT2D eigenvalue weighted by Gasteiger charge is 2.27. The van der Waals surface area contributed by atoms with Gasteiger partial charge in [0, 0.05) is 5.02 Å². The summed E-state index contributed by atoms with van der Waals surface area (Å²) < 4.78 is 10.2. The van der Waals surface area contributed by atoms with Crippen LogP contribution in [0.3, 0.4) is 0 Å². The average molecular weight is 259 g/mol. The fourth-order valence-corrected chi connectivity index (χ4v) is 1.35. The lowest BCUT2D eigenvalue weighted by Gasteiger charge is -2.19. The van der Waals surface area contributed by atoms with Crippen molar-refractivity contribution in [3.8, 4) is 5.75 Å². The second-order valence-corrected chi connectivity index (χ2v) is 3.92. The molecule has 0 bridgehead atoms. The van der Waals surface area contributed by atoms with E-state index in [4.69, 9.17) is 21.1 Å². The molecule has 0 radical (unpaired) electrons. The molecule has 1 aromatic rings. The summed E-state index contributed by atoms with van der Waals surface area (Å²) >= 11 is 5.73. The zero-order chi connectivity index (χ0) is 12.8. The number of carbonyl (C=O) groups is 1. The van der Waals surface area contributed by atoms with Gasteiger partial charge in [-0.2, -0.15) is 0 Å². The van der Waals surface area contributed by atoms with E-state index in [0.29, 0.717) is 10.8 Å². The molecule has 0 spiro atoms. The minimum atomic E-state index is -1.03. The van der Waals surface area contributed by atoms with Crippen molar-refractivity contribution in [2.24, 2.45) is 0 Å². The summed E-state index contributed by atoms with van der Waals surface area (Å²) in [6.45, 7) is 3.41. The molecule has 5 heteroatoms. The van der Waals surface area contributed by atoms with Gasteiger partial charge in [-0.3, -0.25) is 0 Å². The van der Waals surface area contributed by atoms with Crippen LogP contribution in [-0.4, -0.2) is 29.9 Å². The Morgan fingerprint density at radius 1 is 1.41 bits per heavy atom. The van der Waals surface area contributed by atoms with Crippen LogP contribution in [0.5, 0.6) is 5.75 Å². The molecular weight excluding hydrogens is 244 g/mol. The molecule has 0 unspecified atom stereocenters. The standard InChI is InChI=1S/C12H15ClO4/c1-3-16-12(15)11(8(2)14)17-10-6-4-9(13)5-7-10/h4-8,11,14H,3H2,1-2H3/t8-,11-/m0/s1. The first-order valence-electron chi connectivity index (χ1n) is 5.31. The summed E-state index contributed by atoms with van der Waals surface area (Å²) in [5.74, 6) is -0.134. The third-order valence-corrected chi connectivity index (χ3v) is 2.29. The molecule has 94 valence electrons. The zero-order valence-electron chi connectivity index (χ0n) is 9.72. The SMILES string of the molecule is CCOC(=O)[C@@H](Oc1ccc(Cl)cc1)[C@H](C)O. The normalized spacial score (nSPS) is 13.9. The van der Waals surface area contributed by atoms with E-state index in [0.717, 1.165) is 0 Å². The second-order valence-electron chi connectivity index (χ2n) is 3.49. The minimum absolute atomic E-state index is 0.242. The van der Waals surface area contributed by atoms with E-state index in [1.807, 2.05) is 0 Å². The fraction of sp³-hybridized carbons (Fsp3) is 0.417. The largest absolute Gasteiger partial charge is 0.476 e. The smallest absolute Gasteiger partial charge is 0.350 e. The monoisotopic (exact) mass is 258 g/mol. The summed E-state index contributed by atoms with van der Waals surface area (Å²) in [7, 11) is 0. The summed E-state index contributed by atoms with van der Waals surface area (Å²) in [6, 6.07) is 6.52. The molecular formula is C12H15ClO4. The highest BCUT2D eigenvalue weighted by Crippen LogP contribution is 2.18. The van der Waals surface area contributed by atoms with Crippen molar-refractivity contribution in [2.75, 3.05) is 6.61 Å². The second kappa shape index (κ2) is 6.47. The van der Waals surface area contributed by atoms with E-state index in [9.17, 15) is 9.90 Å². The molecule has 0 aromatic heterocycles. The summed E-state index contributed by atoms with van der Waals surface area (Å²) in [6.07, 6.45) is -1.99. The van der Waals surface area contributed by atoms with Crippen LogP contribution in [0.4, 0.5) is 0 Å². The maximum absolute atomic E-state index is 11.5. The van der Waals surface area contributed by atoms with Crippen molar-refractivity contribution in [2.45, 2.75) is 26.1 Å². The van der Waals surface area contributed by atoms with E-state index >= 15 is 0 Å². The van der Waals surface area contributed by atoms with Gasteiger partial charge < -0.3 is 14.6 Å². The van der Waals surface area contributed by atoms with Crippen LogP contribution in [0.25, 0.3) is 0 Å². The lowest BCUT2D eigenvalue weighted by molar-refractivity contribution is -0.156. The molecule has 0 heterocycles. The van der Waals surface area contributed by atoms with Crippen molar-refractivity contribution in [1.82, 2.24) is 0 Å². The number of ether oxygens (including phenoxy) is 2. The first kappa shape index (κ1) is 13.8. The molecule has 0 aliphatic rings. The van der Waals surface area contributed by atoms with Crippen molar-refractivity contribution in [1.29, 1.82) is 0 Å². The first-order valence-corrected chi connectivity index (χ1v) is 5.69. The number of aliphatic hydroxyl groups is 1. The van der Waals surface area contributed by atoms with Crippen molar-refractivity contribution in [3.63, 3.8) is 0 Å². The molecule has 1 aromatic carbocycles. The van der Waals surface area contributed by atoms with E-state index in [1.165, 1.54) is 6.92 Å². The Balaban J connectivity index is 2.73. The Morgan fingerprint density at radius 2 is 2.00 bits per heavy atom. The summed E-state index contributed by atoms with van der Waals surface area (Å²) in [5, 5.41) is 10.0. The van der Waals surface area contributed by atoms with Crippen LogP contribution in [0.2, 0.25) is 5.02 Å². The predicted octanol–water partition coefficient (Wildman–Crippen LogP) is 2.03. The van der Waals surface area contributed by atoms with Crippen molar-refractivity contribution < 1.29 is 19.4 Å². The van der Waals surface area contributed by atoms with E-state index in [-0.39, 0.29) is 6.61 Å². The Morgan fingerprint density at radius 3 is 2.47 bits per heavy atom. The molecule has 0 aliphatic carbocycles. The molecule has 1 rings (SSSR count). The van der Waals surface area contributed by atoms with Gasteiger partial charge in [-0.25, -0.2) is 4.79 Å². The maximum Gasteiger partial charge on any atom is 0.350 e. The van der Waals surface area contributed by atoms with Crippen LogP contribution in [0, 0.1) is 0 Å². The number of hydrogen-bond donors (Lipinski definition) is 1. The molecule has 0 fully saturated rings. The molecule has 0 saturated heterocycles. The number of aliphatic hydroxyl groups excluding tert-OH is 1. The predicted molar refractivity (Wildman–Crippen MR) is 64.2 cm³/mol. The van der Waals surface area contributed by atoms with Crippen molar-refractivity contribution in [3.05, 3.63) is 29.3 Å². The van der Waals surface area contributed by atoms with Crippen LogP contribution in [0.15, 0.2) is 24.3 Å². The number of carbonyl (C=O) groups excluding carboxylic acids is 1. The van der Waals surface area contributed by atoms with E-state index in [1.54, 1.807) is 31.2 Å². The van der Waals surface area contributed by atoms with Crippen LogP contribution < -0.4 is 4.74 Å². The lowest BCUT2D eigenvalue weighted by Crippen LogP contribution is -2.38. The zero-order valence-corrected chi connectivity index (χ0v) is 10.5. The number of benzene rings is 1. The summed E-state index contributed by atoms with van der Waals surface area (Å²) in [4.78, 5) is 11.5. The molecule has 0 aliphatic heterocycles. The van der Waals surface area contributed by atoms with Crippen molar-refractivity contribution >= 4 is 17.6 Å². The highest BCUT2D eigenvalue weighted by molar-refractivity contribution is 6.30. The van der Waals surface area contributed by atoms with E-state index in [2.05, 4.69) is 0 Å². The van der Waals surface area contributed by atoms with Crippen LogP contribution in [0.1, 0.15) is 13.8 Å². The minimum Gasteiger partial charge on any atom is -0.476 e. The third kappa shape index (κ3) is 4.24. The molecule has 0 saturated carbocycles. The average Bonchev–Trinajstić information content (AvgIpc) is 2.28. The summed E-state index contributed by atoms with van der Waals surface area (Å²) in [5.41, 5.74) is 0. The van der Waals surface area contributed by atoms with Gasteiger partial charge in [0.1, 0.15) is 5.75 Å². The highest BCUT2D eigenvalue weighted by atomic mass is 35.5. The Labute approximate surface area is 105 Å². The molecule has 4 nitrogen and oxygen atoms in total. The molecule has 0 amide bonds. The lowest BCUT2D eigenvalue weighted by atomic mass is 10.2. The first-order chi connectivity index (χ1) is 8.04. The molecule has 17 heavy (non-hydrogen) atoms. The number of rotatable bonds is 5. The van der Waals surface area contributed by atoms with Gasteiger partial charge in [-0.05, 0) is 38.1 Å². The van der Waals surface area contributed by atoms with Gasteiger partial charge >= 0.3 is 5.97 Å². The Hall–Kier alpha value is -1.26. The number of hydrogen-bond acceptors (Lipinski definition) is 4. The van der Waals surface area contributed by atoms with Crippen LogP contribution in [-0.2, 0) is 9.53 Å². The van der Waals surface area contributed by atoms with Gasteiger partial charge in [-0.15, -0.1) is 0 Å². The third-order valence-electron chi connectivity index (χ3n) is 2.03. The van der Waals surface area contributed by atoms with Gasteiger partial charge in [0.15, 0.2) is 0 Å². The number of halogens is 1. The van der Waals surface area contributed by atoms with Gasteiger partial charge in [0.25, 0.3) is 0 Å². The Bertz CT molecular complexity index is 361. The maximum atomic E-state index is 11.5. The van der Waals surface area contributed by atoms with Gasteiger partial charge in [0.05, 0.1) is 12.7 Å². The van der Waals surface area contributed by atoms with Crippen LogP contribution >= 0.6 is 11.6 Å². The fourth-order valence-electron chi connectivity index (χ4n) is 1.23. The quantitative estimate of drug-likeness (QED) is 0.821. The van der Waals surface area contributed by atoms with E-state index < -0.39 is 18.2 Å². The Kier molecular flexibility index (Phi) is 5.25. The van der Waals surface area contributed by atoms with Gasteiger partial charge in [-0.1, -0.05) is 11.6 Å². The topological polar surface area (TPSA) is 55.8 Å².